The second-order valence-corrected chi connectivity index (χ2v) is 12.2. The van der Waals surface area contributed by atoms with E-state index in [1.807, 2.05) is 0 Å². The summed E-state index contributed by atoms with van der Waals surface area (Å²) in [7, 11) is 1.34. The summed E-state index contributed by atoms with van der Waals surface area (Å²) in [6.07, 6.45) is 2.20. The molecule has 1 saturated carbocycles. The van der Waals surface area contributed by atoms with Gasteiger partial charge in [0, 0.05) is 31.7 Å². The predicted molar refractivity (Wildman–Crippen MR) is 153 cm³/mol. The maximum absolute atomic E-state index is 13.3. The Labute approximate surface area is 250 Å². The van der Waals surface area contributed by atoms with Crippen LogP contribution in [0.2, 0.25) is 10.0 Å². The SMILES string of the molecule is COC(=O)[C@@]1(c2ccc(Cl)c(Cl)c2)C[C@@H]1CN(Cc1ccc(C(=O)NOC2CCCCO2)cc1)C(=O)OC(C)(C)C. The third-order valence-corrected chi connectivity index (χ3v) is 7.93. The van der Waals surface area contributed by atoms with Crippen molar-refractivity contribution in [2.45, 2.75) is 70.3 Å². The zero-order valence-electron chi connectivity index (χ0n) is 23.7. The molecule has 2 aliphatic rings. The number of hydrogen-bond donors (Lipinski definition) is 1. The Balaban J connectivity index is 1.48. The zero-order valence-corrected chi connectivity index (χ0v) is 25.2. The largest absolute Gasteiger partial charge is 0.468 e. The van der Waals surface area contributed by atoms with Gasteiger partial charge in [-0.05, 0) is 81.3 Å². The predicted octanol–water partition coefficient (Wildman–Crippen LogP) is 6.05. The number of carbonyl (C=O) groups excluding carboxylic acids is 3. The highest BCUT2D eigenvalue weighted by atomic mass is 35.5. The van der Waals surface area contributed by atoms with Crippen molar-refractivity contribution in [3.8, 4) is 0 Å². The van der Waals surface area contributed by atoms with E-state index in [-0.39, 0.29) is 19.0 Å². The summed E-state index contributed by atoms with van der Waals surface area (Å²) >= 11 is 12.4. The van der Waals surface area contributed by atoms with Crippen LogP contribution in [0.5, 0.6) is 0 Å². The van der Waals surface area contributed by atoms with Gasteiger partial charge in [0.25, 0.3) is 5.91 Å². The van der Waals surface area contributed by atoms with E-state index in [0.29, 0.717) is 34.2 Å². The number of halogens is 2. The lowest BCUT2D eigenvalue weighted by atomic mass is 9.93. The lowest BCUT2D eigenvalue weighted by Crippen LogP contribution is -2.39. The van der Waals surface area contributed by atoms with Crippen molar-refractivity contribution in [1.29, 1.82) is 0 Å². The van der Waals surface area contributed by atoms with Crippen LogP contribution in [-0.2, 0) is 35.8 Å². The van der Waals surface area contributed by atoms with Crippen molar-refractivity contribution < 1.29 is 33.4 Å². The lowest BCUT2D eigenvalue weighted by Gasteiger charge is -2.28. The Hall–Kier alpha value is -2.85. The summed E-state index contributed by atoms with van der Waals surface area (Å²) < 4.78 is 16.3. The molecular formula is C30H36Cl2N2O7. The minimum absolute atomic E-state index is 0.207. The number of nitrogens with zero attached hydrogens (tertiary/aromatic N) is 1. The molecule has 3 atom stereocenters. The molecule has 2 fully saturated rings. The summed E-state index contributed by atoms with van der Waals surface area (Å²) in [6, 6.07) is 11.9. The van der Waals surface area contributed by atoms with Crippen molar-refractivity contribution >= 4 is 41.2 Å². The zero-order chi connectivity index (χ0) is 29.8. The first-order chi connectivity index (χ1) is 19.4. The fourth-order valence-electron chi connectivity index (χ4n) is 4.99. The van der Waals surface area contributed by atoms with Gasteiger partial charge in [-0.3, -0.25) is 9.59 Å². The summed E-state index contributed by atoms with van der Waals surface area (Å²) in [5.41, 5.74) is 2.65. The first-order valence-corrected chi connectivity index (χ1v) is 14.4. The van der Waals surface area contributed by atoms with Gasteiger partial charge in [-0.1, -0.05) is 41.4 Å². The first-order valence-electron chi connectivity index (χ1n) is 13.6. The van der Waals surface area contributed by atoms with Gasteiger partial charge in [-0.25, -0.2) is 15.1 Å². The third-order valence-electron chi connectivity index (χ3n) is 7.19. The van der Waals surface area contributed by atoms with E-state index in [1.165, 1.54) is 7.11 Å². The highest BCUT2D eigenvalue weighted by Crippen LogP contribution is 2.56. The molecule has 222 valence electrons. The first kappa shape index (κ1) is 31.1. The molecule has 1 saturated heterocycles. The van der Waals surface area contributed by atoms with Gasteiger partial charge in [0.15, 0.2) is 6.29 Å². The van der Waals surface area contributed by atoms with E-state index in [1.54, 1.807) is 68.1 Å². The molecule has 1 heterocycles. The maximum Gasteiger partial charge on any atom is 0.410 e. The number of hydrogen-bond acceptors (Lipinski definition) is 7. The minimum Gasteiger partial charge on any atom is -0.468 e. The van der Waals surface area contributed by atoms with E-state index in [9.17, 15) is 14.4 Å². The number of nitrogens with one attached hydrogen (secondary N) is 1. The molecule has 0 aromatic heterocycles. The number of esters is 1. The molecule has 0 bridgehead atoms. The van der Waals surface area contributed by atoms with Crippen LogP contribution in [0.25, 0.3) is 0 Å². The second-order valence-electron chi connectivity index (χ2n) is 11.4. The molecule has 0 radical (unpaired) electrons. The summed E-state index contributed by atoms with van der Waals surface area (Å²) in [5.74, 6) is -1.03. The van der Waals surface area contributed by atoms with Gasteiger partial charge in [-0.15, -0.1) is 0 Å². The quantitative estimate of drug-likeness (QED) is 0.274. The molecule has 0 spiro atoms. The van der Waals surface area contributed by atoms with Crippen LogP contribution >= 0.6 is 23.2 Å². The highest BCUT2D eigenvalue weighted by molar-refractivity contribution is 6.42. The number of methoxy groups -OCH3 is 1. The molecule has 2 amide bonds. The number of carbonyl (C=O) groups is 3. The Morgan fingerprint density at radius 3 is 2.41 bits per heavy atom. The number of benzene rings is 2. The molecule has 11 heteroatoms. The third kappa shape index (κ3) is 7.71. The standard InChI is InChI=1S/C30H36Cl2N2O7/c1-29(2,3)40-28(37)34(18-22-16-30(22,27(36)38-4)21-12-13-23(31)24(32)15-21)17-19-8-10-20(11-9-19)26(35)33-41-25-7-5-6-14-39-25/h8-13,15,22,25H,5-7,14,16-18H2,1-4H3,(H,33,35)/t22-,25?,30-/m1/s1. The number of ether oxygens (including phenoxy) is 3. The number of rotatable bonds is 9. The van der Waals surface area contributed by atoms with Gasteiger partial charge >= 0.3 is 12.1 Å². The second kappa shape index (κ2) is 13.0. The van der Waals surface area contributed by atoms with Crippen LogP contribution in [0, 0.1) is 5.92 Å². The van der Waals surface area contributed by atoms with Crippen LogP contribution in [0.1, 0.15) is 67.9 Å². The molecule has 2 aromatic carbocycles. The monoisotopic (exact) mass is 606 g/mol. The molecule has 1 aliphatic heterocycles. The summed E-state index contributed by atoms with van der Waals surface area (Å²) in [4.78, 5) is 45.8. The Bertz CT molecular complexity index is 1260. The molecular weight excluding hydrogens is 571 g/mol. The molecule has 1 unspecified atom stereocenters. The molecule has 1 N–H and O–H groups in total. The van der Waals surface area contributed by atoms with Crippen molar-refractivity contribution in [2.75, 3.05) is 20.3 Å². The van der Waals surface area contributed by atoms with Gasteiger partial charge < -0.3 is 19.1 Å². The summed E-state index contributed by atoms with van der Waals surface area (Å²) in [5, 5.41) is 0.719. The molecule has 9 nitrogen and oxygen atoms in total. The van der Waals surface area contributed by atoms with Crippen molar-refractivity contribution in [2.24, 2.45) is 5.92 Å². The highest BCUT2D eigenvalue weighted by Gasteiger charge is 2.62. The van der Waals surface area contributed by atoms with Gasteiger partial charge in [0.05, 0.1) is 22.6 Å². The Morgan fingerprint density at radius 1 is 1.07 bits per heavy atom. The van der Waals surface area contributed by atoms with E-state index in [2.05, 4.69) is 5.48 Å². The maximum atomic E-state index is 13.3. The molecule has 41 heavy (non-hydrogen) atoms. The van der Waals surface area contributed by atoms with Crippen LogP contribution in [0.4, 0.5) is 4.79 Å². The van der Waals surface area contributed by atoms with Crippen molar-refractivity contribution in [3.63, 3.8) is 0 Å². The fourth-order valence-corrected chi connectivity index (χ4v) is 5.29. The average Bonchev–Trinajstić information content (AvgIpc) is 3.67. The topological polar surface area (TPSA) is 103 Å². The van der Waals surface area contributed by atoms with E-state index >= 15 is 0 Å². The van der Waals surface area contributed by atoms with Crippen LogP contribution < -0.4 is 5.48 Å². The van der Waals surface area contributed by atoms with Crippen LogP contribution in [0.3, 0.4) is 0 Å². The van der Waals surface area contributed by atoms with Crippen molar-refractivity contribution in [3.05, 3.63) is 69.2 Å². The Morgan fingerprint density at radius 2 is 1.80 bits per heavy atom. The van der Waals surface area contributed by atoms with Gasteiger partial charge in [0.2, 0.25) is 0 Å². The fraction of sp³-hybridized carbons (Fsp3) is 0.500. The van der Waals surface area contributed by atoms with E-state index < -0.39 is 35.3 Å². The number of hydroxylamine groups is 1. The molecule has 4 rings (SSSR count). The van der Waals surface area contributed by atoms with Crippen LogP contribution in [0.15, 0.2) is 42.5 Å². The van der Waals surface area contributed by atoms with Crippen LogP contribution in [-0.4, -0.2) is 55.0 Å². The van der Waals surface area contributed by atoms with Crippen molar-refractivity contribution in [1.82, 2.24) is 10.4 Å². The lowest BCUT2D eigenvalue weighted by molar-refractivity contribution is -0.186. The van der Waals surface area contributed by atoms with Gasteiger partial charge in [0.1, 0.15) is 5.60 Å². The number of amides is 2. The Kier molecular flexibility index (Phi) is 9.85. The molecule has 1 aliphatic carbocycles. The average molecular weight is 608 g/mol. The molecule has 2 aromatic rings. The van der Waals surface area contributed by atoms with E-state index in [0.717, 1.165) is 24.8 Å². The normalized spacial score (nSPS) is 22.0. The van der Waals surface area contributed by atoms with E-state index in [4.69, 9.17) is 42.3 Å². The van der Waals surface area contributed by atoms with Gasteiger partial charge in [-0.2, -0.15) is 0 Å². The summed E-state index contributed by atoms with van der Waals surface area (Å²) in [6.45, 7) is 6.44. The minimum atomic E-state index is -0.951. The smallest absolute Gasteiger partial charge is 0.410 e.